The normalized spacial score (nSPS) is 17.0. The number of aromatic hydroxyl groups is 1. The number of carbonyl (C=O) groups is 2. The zero-order valence-corrected chi connectivity index (χ0v) is 13.2. The van der Waals surface area contributed by atoms with Crippen molar-refractivity contribution in [2.24, 2.45) is 5.92 Å². The molecular formula is C18H18N2O4. The van der Waals surface area contributed by atoms with Gasteiger partial charge in [0.1, 0.15) is 11.5 Å². The van der Waals surface area contributed by atoms with Crippen LogP contribution in [0.4, 0.5) is 11.4 Å². The van der Waals surface area contributed by atoms with Crippen LogP contribution >= 0.6 is 0 Å². The maximum absolute atomic E-state index is 12.4. The molecule has 6 heteroatoms. The molecular weight excluding hydrogens is 308 g/mol. The highest BCUT2D eigenvalue weighted by molar-refractivity contribution is 6.04. The Labute approximate surface area is 139 Å². The fraction of sp³-hybridized carbons (Fsp3) is 0.222. The standard InChI is InChI=1S/C18H18N2O4/c1-24-16-5-3-2-4-15(16)20-11-12(10-17(20)22)18(23)19-13-6-8-14(21)9-7-13/h2-9,12,21H,10-11H2,1H3,(H,19,23)/t12-/m1/s1. The lowest BCUT2D eigenvalue weighted by Gasteiger charge is -2.19. The Balaban J connectivity index is 1.72. The molecule has 0 saturated carbocycles. The van der Waals surface area contributed by atoms with Gasteiger partial charge in [-0.1, -0.05) is 12.1 Å². The Morgan fingerprint density at radius 1 is 1.21 bits per heavy atom. The first-order valence-electron chi connectivity index (χ1n) is 7.62. The second-order valence-corrected chi connectivity index (χ2v) is 5.61. The Kier molecular flexibility index (Phi) is 4.37. The van der Waals surface area contributed by atoms with Gasteiger partial charge in [-0.2, -0.15) is 0 Å². The van der Waals surface area contributed by atoms with Crippen LogP contribution in [0.1, 0.15) is 6.42 Å². The van der Waals surface area contributed by atoms with Crippen molar-refractivity contribution in [3.63, 3.8) is 0 Å². The number of hydrogen-bond donors (Lipinski definition) is 2. The van der Waals surface area contributed by atoms with Crippen molar-refractivity contribution in [1.82, 2.24) is 0 Å². The zero-order chi connectivity index (χ0) is 17.1. The van der Waals surface area contributed by atoms with Crippen molar-refractivity contribution in [1.29, 1.82) is 0 Å². The fourth-order valence-electron chi connectivity index (χ4n) is 2.76. The van der Waals surface area contributed by atoms with E-state index in [4.69, 9.17) is 4.74 Å². The molecule has 2 aromatic rings. The molecule has 2 amide bonds. The number of anilines is 2. The van der Waals surface area contributed by atoms with E-state index in [1.807, 2.05) is 12.1 Å². The summed E-state index contributed by atoms with van der Waals surface area (Å²) in [6.45, 7) is 0.309. The van der Waals surface area contributed by atoms with Crippen molar-refractivity contribution in [3.8, 4) is 11.5 Å². The van der Waals surface area contributed by atoms with Crippen molar-refractivity contribution in [2.45, 2.75) is 6.42 Å². The number of hydrogen-bond acceptors (Lipinski definition) is 4. The molecule has 124 valence electrons. The maximum Gasteiger partial charge on any atom is 0.229 e. The number of phenols is 1. The van der Waals surface area contributed by atoms with Crippen LogP contribution in [0, 0.1) is 5.92 Å². The van der Waals surface area contributed by atoms with Crippen molar-refractivity contribution in [2.75, 3.05) is 23.9 Å². The van der Waals surface area contributed by atoms with Crippen molar-refractivity contribution in [3.05, 3.63) is 48.5 Å². The zero-order valence-electron chi connectivity index (χ0n) is 13.2. The molecule has 0 bridgehead atoms. The van der Waals surface area contributed by atoms with Gasteiger partial charge in [0.15, 0.2) is 0 Å². The number of nitrogens with one attached hydrogen (secondary N) is 1. The van der Waals surface area contributed by atoms with Crippen LogP contribution < -0.4 is 15.0 Å². The molecule has 1 saturated heterocycles. The number of phenolic OH excluding ortho intramolecular Hbond substituents is 1. The molecule has 1 aliphatic heterocycles. The SMILES string of the molecule is COc1ccccc1N1C[C@H](C(=O)Nc2ccc(O)cc2)CC1=O. The van der Waals surface area contributed by atoms with Crippen LogP contribution in [-0.4, -0.2) is 30.6 Å². The quantitative estimate of drug-likeness (QED) is 0.846. The van der Waals surface area contributed by atoms with E-state index in [9.17, 15) is 14.7 Å². The molecule has 1 fully saturated rings. The molecule has 2 N–H and O–H groups in total. The summed E-state index contributed by atoms with van der Waals surface area (Å²) >= 11 is 0. The van der Waals surface area contributed by atoms with Gasteiger partial charge in [-0.3, -0.25) is 9.59 Å². The minimum atomic E-state index is -0.434. The van der Waals surface area contributed by atoms with Crippen LogP contribution in [0.5, 0.6) is 11.5 Å². The summed E-state index contributed by atoms with van der Waals surface area (Å²) in [5.41, 5.74) is 1.26. The van der Waals surface area contributed by atoms with E-state index in [0.717, 1.165) is 0 Å². The van der Waals surface area contributed by atoms with Gasteiger partial charge in [0.05, 0.1) is 18.7 Å². The summed E-state index contributed by atoms with van der Waals surface area (Å²) < 4.78 is 5.29. The third kappa shape index (κ3) is 3.17. The monoisotopic (exact) mass is 326 g/mol. The summed E-state index contributed by atoms with van der Waals surface area (Å²) in [4.78, 5) is 26.3. The van der Waals surface area contributed by atoms with E-state index in [1.165, 1.54) is 12.1 Å². The lowest BCUT2D eigenvalue weighted by atomic mass is 10.1. The van der Waals surface area contributed by atoms with Crippen LogP contribution in [0.15, 0.2) is 48.5 Å². The lowest BCUT2D eigenvalue weighted by molar-refractivity contribution is -0.122. The number of rotatable bonds is 4. The topological polar surface area (TPSA) is 78.9 Å². The Hall–Kier alpha value is -3.02. The summed E-state index contributed by atoms with van der Waals surface area (Å²) in [6.07, 6.45) is 0.155. The van der Waals surface area contributed by atoms with E-state index in [-0.39, 0.29) is 24.0 Å². The molecule has 1 heterocycles. The number of para-hydroxylation sites is 2. The Bertz CT molecular complexity index is 758. The van der Waals surface area contributed by atoms with Gasteiger partial charge in [-0.15, -0.1) is 0 Å². The summed E-state index contributed by atoms with van der Waals surface area (Å²) in [6, 6.07) is 13.5. The van der Waals surface area contributed by atoms with Gasteiger partial charge < -0.3 is 20.1 Å². The second-order valence-electron chi connectivity index (χ2n) is 5.61. The molecule has 1 aliphatic rings. The molecule has 0 unspecified atom stereocenters. The molecule has 1 atom stereocenters. The van der Waals surface area contributed by atoms with Crippen LogP contribution in [-0.2, 0) is 9.59 Å². The minimum absolute atomic E-state index is 0.106. The van der Waals surface area contributed by atoms with Crippen LogP contribution in [0.3, 0.4) is 0 Å². The molecule has 24 heavy (non-hydrogen) atoms. The van der Waals surface area contributed by atoms with E-state index < -0.39 is 5.92 Å². The summed E-state index contributed by atoms with van der Waals surface area (Å²) in [7, 11) is 1.55. The average molecular weight is 326 g/mol. The minimum Gasteiger partial charge on any atom is -0.508 e. The molecule has 0 aromatic heterocycles. The largest absolute Gasteiger partial charge is 0.508 e. The highest BCUT2D eigenvalue weighted by atomic mass is 16.5. The third-order valence-electron chi connectivity index (χ3n) is 4.01. The predicted molar refractivity (Wildman–Crippen MR) is 90.2 cm³/mol. The molecule has 2 aromatic carbocycles. The maximum atomic E-state index is 12.4. The average Bonchev–Trinajstić information content (AvgIpc) is 2.98. The van der Waals surface area contributed by atoms with Crippen molar-refractivity contribution >= 4 is 23.2 Å². The first kappa shape index (κ1) is 15.9. The van der Waals surface area contributed by atoms with Gasteiger partial charge in [0.2, 0.25) is 11.8 Å². The number of benzene rings is 2. The predicted octanol–water partition coefficient (Wildman–Crippen LogP) is 2.39. The number of methoxy groups -OCH3 is 1. The summed E-state index contributed by atoms with van der Waals surface area (Å²) in [5, 5.41) is 12.0. The van der Waals surface area contributed by atoms with E-state index >= 15 is 0 Å². The Morgan fingerprint density at radius 2 is 1.92 bits per heavy atom. The summed E-state index contributed by atoms with van der Waals surface area (Å²) in [5.74, 6) is -0.0233. The van der Waals surface area contributed by atoms with Crippen LogP contribution in [0.25, 0.3) is 0 Å². The van der Waals surface area contributed by atoms with Gasteiger partial charge in [0.25, 0.3) is 0 Å². The number of ether oxygens (including phenoxy) is 1. The second kappa shape index (κ2) is 6.62. The van der Waals surface area contributed by atoms with E-state index in [2.05, 4.69) is 5.32 Å². The van der Waals surface area contributed by atoms with E-state index in [1.54, 1.807) is 36.3 Å². The lowest BCUT2D eigenvalue weighted by Crippen LogP contribution is -2.28. The fourth-order valence-corrected chi connectivity index (χ4v) is 2.76. The first-order valence-corrected chi connectivity index (χ1v) is 7.62. The molecule has 0 aliphatic carbocycles. The highest BCUT2D eigenvalue weighted by Gasteiger charge is 2.36. The molecule has 6 nitrogen and oxygen atoms in total. The molecule has 0 spiro atoms. The van der Waals surface area contributed by atoms with Crippen LogP contribution in [0.2, 0.25) is 0 Å². The third-order valence-corrected chi connectivity index (χ3v) is 4.01. The van der Waals surface area contributed by atoms with Crippen molar-refractivity contribution < 1.29 is 19.4 Å². The number of amides is 2. The van der Waals surface area contributed by atoms with Gasteiger partial charge in [-0.25, -0.2) is 0 Å². The smallest absolute Gasteiger partial charge is 0.229 e. The van der Waals surface area contributed by atoms with E-state index in [0.29, 0.717) is 23.7 Å². The first-order chi connectivity index (χ1) is 11.6. The number of nitrogens with zero attached hydrogens (tertiary/aromatic N) is 1. The Morgan fingerprint density at radius 3 is 2.62 bits per heavy atom. The molecule has 0 radical (unpaired) electrons. The highest BCUT2D eigenvalue weighted by Crippen LogP contribution is 2.33. The van der Waals surface area contributed by atoms with Gasteiger partial charge >= 0.3 is 0 Å². The number of carbonyl (C=O) groups excluding carboxylic acids is 2. The van der Waals surface area contributed by atoms with Gasteiger partial charge in [0, 0.05) is 18.7 Å². The van der Waals surface area contributed by atoms with Gasteiger partial charge in [-0.05, 0) is 36.4 Å². The molecule has 3 rings (SSSR count).